The number of halogens is 2. The summed E-state index contributed by atoms with van der Waals surface area (Å²) < 4.78 is 9.51. The second kappa shape index (κ2) is 12.2. The number of hydrogen-bond acceptors (Lipinski definition) is 12. The summed E-state index contributed by atoms with van der Waals surface area (Å²) in [5, 5.41) is 37.6. The van der Waals surface area contributed by atoms with Crippen LogP contribution in [0.2, 0.25) is 10.0 Å². The fourth-order valence-corrected chi connectivity index (χ4v) is 3.09. The van der Waals surface area contributed by atoms with Crippen molar-refractivity contribution in [2.24, 2.45) is 31.9 Å². The molecule has 0 unspecified atom stereocenters. The quantitative estimate of drug-likeness (QED) is 0.1000. The molecule has 0 aliphatic carbocycles. The highest BCUT2D eigenvalue weighted by atomic mass is 35.5. The molecule has 0 aliphatic rings. The number of benzene rings is 2. The molecule has 0 amide bonds. The summed E-state index contributed by atoms with van der Waals surface area (Å²) in [4.78, 5) is 0. The zero-order valence-electron chi connectivity index (χ0n) is 18.8. The Morgan fingerprint density at radius 1 is 0.730 bits per heavy atom. The summed E-state index contributed by atoms with van der Waals surface area (Å²) >= 11 is 12.2. The molecule has 2 aromatic heterocycles. The van der Waals surface area contributed by atoms with Gasteiger partial charge >= 0.3 is 0 Å². The van der Waals surface area contributed by atoms with Gasteiger partial charge in [0.05, 0.1) is 19.1 Å². The topological polar surface area (TPSA) is 203 Å². The molecular weight excluding hydrogens is 523 g/mol. The van der Waals surface area contributed by atoms with Crippen molar-refractivity contribution in [3.05, 3.63) is 81.1 Å². The molecule has 0 atom stereocenters. The predicted octanol–water partition coefficient (Wildman–Crippen LogP) is 2.72. The molecule has 2 heterocycles. The van der Waals surface area contributed by atoms with Gasteiger partial charge in [0.1, 0.15) is 0 Å². The minimum Gasteiger partial charge on any atom is -0.380 e. The van der Waals surface area contributed by atoms with E-state index in [1.54, 1.807) is 36.4 Å². The van der Waals surface area contributed by atoms with E-state index in [2.05, 4.69) is 51.7 Å². The minimum atomic E-state index is -0.0383. The van der Waals surface area contributed by atoms with Gasteiger partial charge in [-0.3, -0.25) is 0 Å². The molecule has 0 bridgehead atoms. The molecule has 6 N–H and O–H groups in total. The van der Waals surface area contributed by atoms with E-state index < -0.39 is 0 Å². The Labute approximate surface area is 219 Å². The highest BCUT2D eigenvalue weighted by Crippen LogP contribution is 2.14. The summed E-state index contributed by atoms with van der Waals surface area (Å²) in [6.07, 6.45) is 2.92. The van der Waals surface area contributed by atoms with Crippen molar-refractivity contribution in [2.75, 3.05) is 17.3 Å². The molecule has 4 aromatic rings. The van der Waals surface area contributed by atoms with E-state index >= 15 is 0 Å². The van der Waals surface area contributed by atoms with Crippen LogP contribution >= 0.6 is 23.2 Å². The number of aromatic nitrogens is 4. The number of nitrogens with zero attached hydrogens (tertiary/aromatic N) is 8. The van der Waals surface area contributed by atoms with Crippen molar-refractivity contribution in [3.8, 4) is 0 Å². The fraction of sp³-hybridized carbons (Fsp3) is 0.0476. The summed E-state index contributed by atoms with van der Waals surface area (Å²) in [5.41, 5.74) is 13.6. The molecule has 16 heteroatoms. The number of amidine groups is 2. The molecule has 37 heavy (non-hydrogen) atoms. The average molecular weight is 541 g/mol. The van der Waals surface area contributed by atoms with E-state index in [1.807, 2.05) is 12.1 Å². The third kappa shape index (κ3) is 6.65. The molecule has 0 fully saturated rings. The number of nitrogens with one attached hydrogen (secondary N) is 2. The van der Waals surface area contributed by atoms with Crippen LogP contribution in [0.15, 0.2) is 78.2 Å². The third-order valence-corrected chi connectivity index (χ3v) is 5.20. The first-order chi connectivity index (χ1) is 18.0. The molecule has 0 radical (unpaired) electrons. The van der Waals surface area contributed by atoms with Crippen molar-refractivity contribution in [3.63, 3.8) is 0 Å². The van der Waals surface area contributed by atoms with Gasteiger partial charge in [-0.25, -0.2) is 9.26 Å². The first kappa shape index (κ1) is 25.3. The fourth-order valence-electron chi connectivity index (χ4n) is 2.72. The van der Waals surface area contributed by atoms with Gasteiger partial charge in [0.25, 0.3) is 0 Å². The van der Waals surface area contributed by atoms with E-state index in [9.17, 15) is 0 Å². The number of hydrogen-bond donors (Lipinski definition) is 4. The molecule has 2 aromatic carbocycles. The molecule has 4 rings (SSSR count). The van der Waals surface area contributed by atoms with E-state index in [0.29, 0.717) is 21.2 Å². The Kier molecular flexibility index (Phi) is 8.36. The molecule has 0 aliphatic heterocycles. The first-order valence-corrected chi connectivity index (χ1v) is 11.1. The van der Waals surface area contributed by atoms with Crippen LogP contribution in [-0.2, 0) is 0 Å². The van der Waals surface area contributed by atoms with Crippen molar-refractivity contribution in [1.82, 2.24) is 20.6 Å². The summed E-state index contributed by atoms with van der Waals surface area (Å²) in [7, 11) is 0. The summed E-state index contributed by atoms with van der Waals surface area (Å²) in [5.74, 6) is 0.323. The minimum absolute atomic E-state index is 0.0383. The Balaban J connectivity index is 1.36. The number of nitrogens with two attached hydrogens (primary N) is 2. The normalized spacial score (nSPS) is 12.5. The SMILES string of the molecule is NC(=N/N=C\c1ccccc1Cl)c1nonc1NCNc1nonc1C(N)=N/N=C\c1ccccc1Cl. The predicted molar refractivity (Wildman–Crippen MR) is 140 cm³/mol. The molecule has 188 valence electrons. The van der Waals surface area contributed by atoms with Gasteiger partial charge in [-0.2, -0.15) is 10.2 Å². The van der Waals surface area contributed by atoms with Crippen LogP contribution in [0.5, 0.6) is 0 Å². The van der Waals surface area contributed by atoms with Gasteiger partial charge in [0.15, 0.2) is 23.1 Å². The Morgan fingerprint density at radius 3 is 1.59 bits per heavy atom. The maximum atomic E-state index is 6.08. The molecule has 14 nitrogen and oxygen atoms in total. The van der Waals surface area contributed by atoms with Crippen LogP contribution in [0.4, 0.5) is 11.6 Å². The standard InChI is InChI=1S/C21H18Cl2N12O2/c22-14-7-3-1-5-12(14)9-28-30-18(24)16-20(34-36-32-16)26-11-27-21-17(33-37-35-21)19(25)31-29-10-13-6-2-4-8-15(13)23/h1-10H,11H2,(H2,24,30)(H2,25,31)(H,26,34)(H,27,35)/b28-9-,29-10-. The lowest BCUT2D eigenvalue weighted by molar-refractivity contribution is 0.307. The molecule has 0 saturated carbocycles. The third-order valence-electron chi connectivity index (χ3n) is 4.51. The Hall–Kier alpha value is -4.82. The maximum Gasteiger partial charge on any atom is 0.203 e. The Morgan fingerprint density at radius 2 is 1.16 bits per heavy atom. The first-order valence-electron chi connectivity index (χ1n) is 10.4. The van der Waals surface area contributed by atoms with Crippen molar-refractivity contribution in [1.29, 1.82) is 0 Å². The van der Waals surface area contributed by atoms with Crippen LogP contribution in [0.3, 0.4) is 0 Å². The van der Waals surface area contributed by atoms with Gasteiger partial charge < -0.3 is 22.1 Å². The van der Waals surface area contributed by atoms with Crippen LogP contribution in [-0.4, -0.2) is 51.4 Å². The van der Waals surface area contributed by atoms with Crippen molar-refractivity contribution in [2.45, 2.75) is 0 Å². The van der Waals surface area contributed by atoms with E-state index in [4.69, 9.17) is 43.9 Å². The molecule has 0 saturated heterocycles. The van der Waals surface area contributed by atoms with E-state index in [1.165, 1.54) is 12.4 Å². The maximum absolute atomic E-state index is 6.08. The second-order valence-electron chi connectivity index (χ2n) is 6.96. The Bertz CT molecular complexity index is 1370. The lowest BCUT2D eigenvalue weighted by Gasteiger charge is -2.05. The van der Waals surface area contributed by atoms with E-state index in [-0.39, 0.29) is 41.4 Å². The van der Waals surface area contributed by atoms with E-state index in [0.717, 1.165) is 0 Å². The van der Waals surface area contributed by atoms with Gasteiger partial charge in [-0.1, -0.05) is 59.6 Å². The lowest BCUT2D eigenvalue weighted by Crippen LogP contribution is -2.21. The summed E-state index contributed by atoms with van der Waals surface area (Å²) in [6, 6.07) is 14.3. The van der Waals surface area contributed by atoms with Crippen LogP contribution in [0, 0.1) is 0 Å². The van der Waals surface area contributed by atoms with Gasteiger partial charge in [-0.15, -0.1) is 10.2 Å². The van der Waals surface area contributed by atoms with Crippen molar-refractivity contribution < 1.29 is 9.26 Å². The highest BCUT2D eigenvalue weighted by Gasteiger charge is 2.16. The average Bonchev–Trinajstić information content (AvgIpc) is 3.56. The van der Waals surface area contributed by atoms with Crippen molar-refractivity contribution >= 4 is 58.9 Å². The summed E-state index contributed by atoms with van der Waals surface area (Å²) in [6.45, 7) is 0.0781. The number of anilines is 2. The lowest BCUT2D eigenvalue weighted by atomic mass is 10.2. The molecule has 0 spiro atoms. The van der Waals surface area contributed by atoms with Crippen LogP contribution < -0.4 is 22.1 Å². The van der Waals surface area contributed by atoms with Gasteiger partial charge in [-0.05, 0) is 32.8 Å². The second-order valence-corrected chi connectivity index (χ2v) is 7.77. The highest BCUT2D eigenvalue weighted by molar-refractivity contribution is 6.33. The zero-order chi connectivity index (χ0) is 26.0. The smallest absolute Gasteiger partial charge is 0.203 e. The van der Waals surface area contributed by atoms with Crippen LogP contribution in [0.1, 0.15) is 22.5 Å². The monoisotopic (exact) mass is 540 g/mol. The van der Waals surface area contributed by atoms with Crippen LogP contribution in [0.25, 0.3) is 0 Å². The molecular formula is C21H18Cl2N12O2. The van der Waals surface area contributed by atoms with Gasteiger partial charge in [0, 0.05) is 21.2 Å². The largest absolute Gasteiger partial charge is 0.380 e. The number of rotatable bonds is 10. The van der Waals surface area contributed by atoms with Gasteiger partial charge in [0.2, 0.25) is 11.6 Å². The zero-order valence-corrected chi connectivity index (χ0v) is 20.3.